The first-order valence-electron chi connectivity index (χ1n) is 10.9. The Labute approximate surface area is 191 Å². The summed E-state index contributed by atoms with van der Waals surface area (Å²) in [5, 5.41) is 1.85. The van der Waals surface area contributed by atoms with Crippen LogP contribution >= 0.6 is 11.3 Å². The number of rotatable bonds is 6. The van der Waals surface area contributed by atoms with Crippen molar-refractivity contribution in [2.45, 2.75) is 26.4 Å². The summed E-state index contributed by atoms with van der Waals surface area (Å²) < 4.78 is 5.40. The minimum atomic E-state index is -0.271. The van der Waals surface area contributed by atoms with Crippen molar-refractivity contribution in [3.63, 3.8) is 0 Å². The molecule has 0 unspecified atom stereocenters. The Hall–Kier alpha value is -3.22. The molecule has 4 aromatic rings. The Morgan fingerprint density at radius 1 is 1.19 bits per heavy atom. The van der Waals surface area contributed by atoms with Crippen LogP contribution in [-0.4, -0.2) is 35.2 Å². The molecule has 0 radical (unpaired) electrons. The summed E-state index contributed by atoms with van der Waals surface area (Å²) in [6.07, 6.45) is 4.63. The monoisotopic (exact) mass is 443 g/mol. The third-order valence-electron chi connectivity index (χ3n) is 5.79. The molecule has 0 fully saturated rings. The van der Waals surface area contributed by atoms with Crippen molar-refractivity contribution in [2.24, 2.45) is 4.99 Å². The standard InChI is InChI=1S/C26H25N3O2S/c1-2-31-26(30)24-21-12-13-29(16-18-8-4-3-5-9-18)17-23(21)32-25(24)28-15-19-14-27-22-11-7-6-10-20(19)22/h3-11,14-15,27H,2,12-13,16-17H2,1H3. The molecule has 0 amide bonds. The fourth-order valence-corrected chi connectivity index (χ4v) is 5.47. The number of carbonyl (C=O) groups is 1. The van der Waals surface area contributed by atoms with E-state index in [4.69, 9.17) is 9.73 Å². The Morgan fingerprint density at radius 2 is 2.00 bits per heavy atom. The number of nitrogens with zero attached hydrogens (tertiary/aromatic N) is 2. The number of esters is 1. The summed E-state index contributed by atoms with van der Waals surface area (Å²) in [5.41, 5.74) is 5.12. The SMILES string of the molecule is CCOC(=O)c1c(N=Cc2c[nH]c3ccccc23)sc2c1CCN(Cc1ccccc1)C2. The van der Waals surface area contributed by atoms with E-state index in [1.165, 1.54) is 10.4 Å². The second kappa shape index (κ2) is 9.10. The number of ether oxygens (including phenoxy) is 1. The Kier molecular flexibility index (Phi) is 5.88. The van der Waals surface area contributed by atoms with Crippen LogP contribution in [0.5, 0.6) is 0 Å². The predicted octanol–water partition coefficient (Wildman–Crippen LogP) is 5.72. The molecule has 0 saturated carbocycles. The van der Waals surface area contributed by atoms with Gasteiger partial charge >= 0.3 is 5.97 Å². The quantitative estimate of drug-likeness (QED) is 0.306. The van der Waals surface area contributed by atoms with Gasteiger partial charge in [0.15, 0.2) is 0 Å². The highest BCUT2D eigenvalue weighted by Gasteiger charge is 2.28. The Balaban J connectivity index is 1.45. The van der Waals surface area contributed by atoms with Crippen molar-refractivity contribution in [2.75, 3.05) is 13.2 Å². The van der Waals surface area contributed by atoms with Crippen molar-refractivity contribution in [3.05, 3.63) is 87.9 Å². The summed E-state index contributed by atoms with van der Waals surface area (Å²) in [7, 11) is 0. The van der Waals surface area contributed by atoms with Gasteiger partial charge in [0.1, 0.15) is 5.00 Å². The van der Waals surface area contributed by atoms with Crippen LogP contribution in [0.1, 0.15) is 38.8 Å². The molecular formula is C26H25N3O2S. The minimum absolute atomic E-state index is 0.271. The van der Waals surface area contributed by atoms with Crippen LogP contribution < -0.4 is 0 Å². The normalized spacial score (nSPS) is 14.2. The summed E-state index contributed by atoms with van der Waals surface area (Å²) >= 11 is 1.61. The average Bonchev–Trinajstić information content (AvgIpc) is 3.39. The first-order chi connectivity index (χ1) is 15.7. The Bertz CT molecular complexity index is 1270. The third kappa shape index (κ3) is 4.11. The zero-order chi connectivity index (χ0) is 21.9. The molecule has 6 heteroatoms. The molecule has 162 valence electrons. The molecule has 0 bridgehead atoms. The first kappa shape index (κ1) is 20.7. The predicted molar refractivity (Wildman–Crippen MR) is 130 cm³/mol. The van der Waals surface area contributed by atoms with Crippen molar-refractivity contribution in [3.8, 4) is 0 Å². The minimum Gasteiger partial charge on any atom is -0.462 e. The van der Waals surface area contributed by atoms with Gasteiger partial charge in [0.2, 0.25) is 0 Å². The van der Waals surface area contributed by atoms with Gasteiger partial charge in [-0.05, 0) is 30.5 Å². The molecule has 2 aromatic heterocycles. The lowest BCUT2D eigenvalue weighted by Crippen LogP contribution is -2.29. The fraction of sp³-hybridized carbons (Fsp3) is 0.231. The van der Waals surface area contributed by atoms with Gasteiger partial charge in [-0.25, -0.2) is 9.79 Å². The van der Waals surface area contributed by atoms with Gasteiger partial charge in [0.25, 0.3) is 0 Å². The van der Waals surface area contributed by atoms with Crippen LogP contribution in [-0.2, 0) is 24.2 Å². The number of hydrogen-bond acceptors (Lipinski definition) is 5. The fourth-order valence-electron chi connectivity index (χ4n) is 4.25. The number of aromatic amines is 1. The van der Waals surface area contributed by atoms with Crippen LogP contribution in [0.15, 0.2) is 65.8 Å². The molecule has 0 aliphatic carbocycles. The van der Waals surface area contributed by atoms with Gasteiger partial charge in [0, 0.05) is 53.4 Å². The van der Waals surface area contributed by atoms with E-state index in [1.54, 1.807) is 11.3 Å². The smallest absolute Gasteiger partial charge is 0.341 e. The molecule has 1 aliphatic rings. The van der Waals surface area contributed by atoms with E-state index in [2.05, 4.69) is 40.2 Å². The summed E-state index contributed by atoms with van der Waals surface area (Å²) in [5.74, 6) is -0.271. The van der Waals surface area contributed by atoms with Crippen molar-refractivity contribution < 1.29 is 9.53 Å². The van der Waals surface area contributed by atoms with E-state index >= 15 is 0 Å². The molecule has 0 atom stereocenters. The topological polar surface area (TPSA) is 57.7 Å². The number of aliphatic imine (C=N–C) groups is 1. The number of nitrogens with one attached hydrogen (secondary N) is 1. The zero-order valence-corrected chi connectivity index (χ0v) is 18.8. The number of fused-ring (bicyclic) bond motifs is 2. The molecule has 1 aliphatic heterocycles. The maximum atomic E-state index is 12.8. The van der Waals surface area contributed by atoms with E-state index in [0.717, 1.165) is 53.1 Å². The lowest BCUT2D eigenvalue weighted by Gasteiger charge is -2.27. The summed E-state index contributed by atoms with van der Waals surface area (Å²) in [6, 6.07) is 18.6. The van der Waals surface area contributed by atoms with Gasteiger partial charge in [-0.15, -0.1) is 11.3 Å². The molecule has 0 spiro atoms. The molecule has 2 aromatic carbocycles. The van der Waals surface area contributed by atoms with Crippen molar-refractivity contribution in [1.29, 1.82) is 0 Å². The molecule has 32 heavy (non-hydrogen) atoms. The highest BCUT2D eigenvalue weighted by Crippen LogP contribution is 2.39. The van der Waals surface area contributed by atoms with Crippen LogP contribution in [0, 0.1) is 0 Å². The van der Waals surface area contributed by atoms with Crippen molar-refractivity contribution >= 4 is 39.4 Å². The molecule has 3 heterocycles. The maximum absolute atomic E-state index is 12.8. The number of H-pyrrole nitrogens is 1. The number of carbonyl (C=O) groups excluding carboxylic acids is 1. The number of hydrogen-bond donors (Lipinski definition) is 1. The van der Waals surface area contributed by atoms with Gasteiger partial charge in [-0.3, -0.25) is 4.90 Å². The van der Waals surface area contributed by atoms with Crippen LogP contribution in [0.3, 0.4) is 0 Å². The van der Waals surface area contributed by atoms with Crippen LogP contribution in [0.4, 0.5) is 5.00 Å². The molecular weight excluding hydrogens is 418 g/mol. The van der Waals surface area contributed by atoms with Crippen molar-refractivity contribution in [1.82, 2.24) is 9.88 Å². The Morgan fingerprint density at radius 3 is 2.84 bits per heavy atom. The molecule has 0 saturated heterocycles. The van der Waals surface area contributed by atoms with Gasteiger partial charge in [0.05, 0.1) is 12.2 Å². The lowest BCUT2D eigenvalue weighted by molar-refractivity contribution is 0.0526. The highest BCUT2D eigenvalue weighted by molar-refractivity contribution is 7.16. The first-order valence-corrected chi connectivity index (χ1v) is 11.7. The summed E-state index contributed by atoms with van der Waals surface area (Å²) in [4.78, 5) is 24.5. The van der Waals surface area contributed by atoms with Crippen LogP contribution in [0.25, 0.3) is 10.9 Å². The van der Waals surface area contributed by atoms with E-state index in [1.807, 2.05) is 43.6 Å². The third-order valence-corrected chi connectivity index (χ3v) is 6.91. The van der Waals surface area contributed by atoms with Gasteiger partial charge < -0.3 is 9.72 Å². The van der Waals surface area contributed by atoms with E-state index < -0.39 is 0 Å². The van der Waals surface area contributed by atoms with E-state index in [0.29, 0.717) is 12.2 Å². The van der Waals surface area contributed by atoms with E-state index in [-0.39, 0.29) is 5.97 Å². The highest BCUT2D eigenvalue weighted by atomic mass is 32.1. The second-order valence-electron chi connectivity index (χ2n) is 7.90. The molecule has 5 rings (SSSR count). The average molecular weight is 444 g/mol. The molecule has 5 nitrogen and oxygen atoms in total. The number of para-hydroxylation sites is 1. The largest absolute Gasteiger partial charge is 0.462 e. The second-order valence-corrected chi connectivity index (χ2v) is 8.98. The van der Waals surface area contributed by atoms with Crippen LogP contribution in [0.2, 0.25) is 0 Å². The summed E-state index contributed by atoms with van der Waals surface area (Å²) in [6.45, 7) is 4.84. The lowest BCUT2D eigenvalue weighted by atomic mass is 10.0. The van der Waals surface area contributed by atoms with Gasteiger partial charge in [-0.1, -0.05) is 48.5 Å². The van der Waals surface area contributed by atoms with Gasteiger partial charge in [-0.2, -0.15) is 0 Å². The number of aromatic nitrogens is 1. The number of benzene rings is 2. The maximum Gasteiger partial charge on any atom is 0.341 e. The van der Waals surface area contributed by atoms with E-state index in [9.17, 15) is 4.79 Å². The number of thiophene rings is 1. The zero-order valence-electron chi connectivity index (χ0n) is 18.0. The molecule has 1 N–H and O–H groups in total.